The first-order chi connectivity index (χ1) is 14.8. The fraction of sp³-hybridized carbons (Fsp3) is 0.348. The first-order valence-electron chi connectivity index (χ1n) is 10.4. The van der Waals surface area contributed by atoms with E-state index in [1.165, 1.54) is 0 Å². The Morgan fingerprint density at radius 2 is 1.97 bits per heavy atom. The van der Waals surface area contributed by atoms with Crippen molar-refractivity contribution in [3.63, 3.8) is 0 Å². The molecular weight excluding hydrogens is 441 g/mol. The summed E-state index contributed by atoms with van der Waals surface area (Å²) in [6.07, 6.45) is 1.13. The van der Waals surface area contributed by atoms with Crippen LogP contribution in [0.15, 0.2) is 48.5 Å². The van der Waals surface area contributed by atoms with Gasteiger partial charge < -0.3 is 15.2 Å². The zero-order valence-corrected chi connectivity index (χ0v) is 19.8. The van der Waals surface area contributed by atoms with Crippen LogP contribution in [0.5, 0.6) is 0 Å². The van der Waals surface area contributed by atoms with Crippen LogP contribution in [0.1, 0.15) is 30.0 Å². The van der Waals surface area contributed by atoms with Crippen molar-refractivity contribution >= 4 is 46.5 Å². The SMILES string of the molecule is Cc1cccc(Cl)c1[N+]1(CCCN2C(=O)C(c3ccccc3)NC2=S)CCC1C(=O)[O-].[Li+]. The second-order valence-electron chi connectivity index (χ2n) is 8.15. The van der Waals surface area contributed by atoms with E-state index in [0.29, 0.717) is 42.6 Å². The van der Waals surface area contributed by atoms with Gasteiger partial charge >= 0.3 is 18.9 Å². The smallest absolute Gasteiger partial charge is 0.544 e. The number of hydrogen-bond donors (Lipinski definition) is 1. The first-order valence-corrected chi connectivity index (χ1v) is 11.1. The summed E-state index contributed by atoms with van der Waals surface area (Å²) < 4.78 is 0.248. The van der Waals surface area contributed by atoms with E-state index in [2.05, 4.69) is 5.32 Å². The number of nitrogens with zero attached hydrogens (tertiary/aromatic N) is 2. The van der Waals surface area contributed by atoms with Crippen LogP contribution in [0.3, 0.4) is 0 Å². The summed E-state index contributed by atoms with van der Waals surface area (Å²) >= 11 is 11.9. The molecule has 6 nitrogen and oxygen atoms in total. The number of aliphatic carboxylic acids is 1. The quantitative estimate of drug-likeness (QED) is 0.334. The van der Waals surface area contributed by atoms with Crippen LogP contribution < -0.4 is 33.8 Å². The fourth-order valence-electron chi connectivity index (χ4n) is 4.84. The van der Waals surface area contributed by atoms with Crippen LogP contribution in [-0.2, 0) is 9.59 Å². The van der Waals surface area contributed by atoms with Crippen LogP contribution in [0.4, 0.5) is 5.69 Å². The Kier molecular flexibility index (Phi) is 7.69. The van der Waals surface area contributed by atoms with Gasteiger partial charge in [-0.25, -0.2) is 0 Å². The second kappa shape index (κ2) is 9.94. The number of carboxylic acid groups (broad SMARTS) is 1. The average Bonchev–Trinajstić information content (AvgIpc) is 3.00. The Morgan fingerprint density at radius 3 is 2.56 bits per heavy atom. The van der Waals surface area contributed by atoms with Gasteiger partial charge in [-0.05, 0) is 30.8 Å². The number of nitrogens with one attached hydrogen (secondary N) is 1. The van der Waals surface area contributed by atoms with E-state index in [1.54, 1.807) is 11.0 Å². The molecule has 0 saturated carbocycles. The summed E-state index contributed by atoms with van der Waals surface area (Å²) in [7, 11) is 0. The number of hydrogen-bond acceptors (Lipinski definition) is 4. The Balaban J connectivity index is 0.00000289. The standard InChI is InChI=1S/C23H24ClN3O3S.Li/c1-15-7-5-10-17(24)20(15)27(14-11-18(27)22(29)30)13-6-12-26-21(28)19(25-23(26)31)16-8-3-2-4-9-16;/h2-5,7-10,18-19H,6,11-14H2,1H3,(H-,25,29,30,31);/q;+1. The topological polar surface area (TPSA) is 72.5 Å². The van der Waals surface area contributed by atoms with Gasteiger partial charge in [-0.2, -0.15) is 0 Å². The van der Waals surface area contributed by atoms with E-state index in [9.17, 15) is 14.7 Å². The molecule has 0 bridgehead atoms. The third-order valence-corrected chi connectivity index (χ3v) is 7.05. The number of quaternary nitrogens is 1. The van der Waals surface area contributed by atoms with E-state index in [1.807, 2.05) is 49.4 Å². The van der Waals surface area contributed by atoms with E-state index < -0.39 is 18.1 Å². The van der Waals surface area contributed by atoms with Gasteiger partial charge in [0.05, 0.1) is 25.5 Å². The number of carbonyl (C=O) groups excluding carboxylic acids is 2. The molecule has 3 atom stereocenters. The predicted molar refractivity (Wildman–Crippen MR) is 122 cm³/mol. The van der Waals surface area contributed by atoms with Crippen molar-refractivity contribution in [1.82, 2.24) is 14.7 Å². The van der Waals surface area contributed by atoms with Crippen molar-refractivity contribution in [2.45, 2.75) is 31.8 Å². The second-order valence-corrected chi connectivity index (χ2v) is 8.94. The van der Waals surface area contributed by atoms with Crippen molar-refractivity contribution in [3.8, 4) is 0 Å². The van der Waals surface area contributed by atoms with Crippen molar-refractivity contribution in [3.05, 3.63) is 64.7 Å². The number of carboxylic acids is 1. The average molecular weight is 465 g/mol. The molecule has 4 rings (SSSR count). The van der Waals surface area contributed by atoms with E-state index >= 15 is 0 Å². The Morgan fingerprint density at radius 1 is 1.25 bits per heavy atom. The summed E-state index contributed by atoms with van der Waals surface area (Å²) in [5.41, 5.74) is 2.66. The van der Waals surface area contributed by atoms with Crippen LogP contribution in [0.2, 0.25) is 5.02 Å². The molecule has 0 radical (unpaired) electrons. The van der Waals surface area contributed by atoms with Crippen molar-refractivity contribution in [1.29, 1.82) is 0 Å². The number of carbonyl (C=O) groups is 2. The molecular formula is C23H24ClLiN3O3S+. The van der Waals surface area contributed by atoms with E-state index in [-0.39, 0.29) is 29.3 Å². The van der Waals surface area contributed by atoms with Crippen molar-refractivity contribution < 1.29 is 33.6 Å². The van der Waals surface area contributed by atoms with Crippen LogP contribution in [0.25, 0.3) is 0 Å². The first kappa shape index (κ1) is 24.8. The minimum absolute atomic E-state index is 0. The van der Waals surface area contributed by atoms with Gasteiger partial charge in [0.2, 0.25) is 0 Å². The van der Waals surface area contributed by atoms with E-state index in [4.69, 9.17) is 23.8 Å². The van der Waals surface area contributed by atoms with Crippen molar-refractivity contribution in [2.75, 3.05) is 19.6 Å². The summed E-state index contributed by atoms with van der Waals surface area (Å²) in [4.78, 5) is 26.4. The van der Waals surface area contributed by atoms with E-state index in [0.717, 1.165) is 16.8 Å². The molecule has 32 heavy (non-hydrogen) atoms. The maximum absolute atomic E-state index is 13.0. The zero-order chi connectivity index (χ0) is 22.2. The maximum Gasteiger partial charge on any atom is 1.00 e. The zero-order valence-electron chi connectivity index (χ0n) is 18.2. The number of likely N-dealkylation sites (tertiary alicyclic amines) is 1. The largest absolute Gasteiger partial charge is 1.00 e. The summed E-state index contributed by atoms with van der Waals surface area (Å²) in [5, 5.41) is 15.9. The maximum atomic E-state index is 13.0. The molecule has 2 saturated heterocycles. The number of aryl methyl sites for hydroxylation is 1. The Hall–Kier alpha value is -1.88. The normalized spacial score (nSPS) is 24.5. The van der Waals surface area contributed by atoms with Gasteiger partial charge in [0, 0.05) is 18.5 Å². The van der Waals surface area contributed by atoms with Gasteiger partial charge in [-0.15, -0.1) is 0 Å². The molecule has 1 amide bonds. The molecule has 0 aliphatic carbocycles. The monoisotopic (exact) mass is 464 g/mol. The van der Waals surface area contributed by atoms with Crippen molar-refractivity contribution in [2.24, 2.45) is 0 Å². The fourth-order valence-corrected chi connectivity index (χ4v) is 5.53. The molecule has 0 aromatic heterocycles. The molecule has 2 aliphatic rings. The third kappa shape index (κ3) is 4.33. The number of rotatable bonds is 7. The molecule has 2 fully saturated rings. The summed E-state index contributed by atoms with van der Waals surface area (Å²) in [6, 6.07) is 13.9. The molecule has 2 aromatic rings. The predicted octanol–water partition coefficient (Wildman–Crippen LogP) is -0.670. The summed E-state index contributed by atoms with van der Waals surface area (Å²) in [6.45, 7) is 3.56. The molecule has 3 unspecified atom stereocenters. The van der Waals surface area contributed by atoms with Gasteiger partial charge in [-0.3, -0.25) is 14.2 Å². The Bertz CT molecular complexity index is 1020. The van der Waals surface area contributed by atoms with Gasteiger partial charge in [0.1, 0.15) is 17.1 Å². The van der Waals surface area contributed by atoms with Crippen LogP contribution >= 0.6 is 23.8 Å². The van der Waals surface area contributed by atoms with Gasteiger partial charge in [-0.1, -0.05) is 54.1 Å². The minimum Gasteiger partial charge on any atom is -0.544 e. The van der Waals surface area contributed by atoms with Gasteiger partial charge in [0.25, 0.3) is 5.91 Å². The number of halogens is 1. The number of thiocarbonyl (C=S) groups is 1. The number of amides is 1. The summed E-state index contributed by atoms with van der Waals surface area (Å²) in [5.74, 6) is -1.15. The molecule has 2 aliphatic heterocycles. The Labute approximate surface area is 210 Å². The molecule has 1 N–H and O–H groups in total. The van der Waals surface area contributed by atoms with Gasteiger partial charge in [0.15, 0.2) is 10.8 Å². The molecule has 9 heteroatoms. The third-order valence-electron chi connectivity index (χ3n) is 6.40. The molecule has 162 valence electrons. The van der Waals surface area contributed by atoms with Crippen LogP contribution in [-0.4, -0.2) is 47.6 Å². The number of benzene rings is 2. The molecule has 2 aromatic carbocycles. The minimum atomic E-state index is -1.07. The van der Waals surface area contributed by atoms with Crippen LogP contribution in [0, 0.1) is 6.92 Å². The molecule has 2 heterocycles. The number of para-hydroxylation sites is 1. The molecule has 0 spiro atoms.